The summed E-state index contributed by atoms with van der Waals surface area (Å²) in [7, 11) is 0. The first-order chi connectivity index (χ1) is 5.79. The molecule has 12 heavy (non-hydrogen) atoms. The molecule has 62 valence electrons. The summed E-state index contributed by atoms with van der Waals surface area (Å²) >= 11 is 4.14. The van der Waals surface area contributed by atoms with Crippen molar-refractivity contribution in [2.45, 2.75) is 5.25 Å². The molecule has 1 aliphatic heterocycles. The van der Waals surface area contributed by atoms with E-state index in [1.54, 1.807) is 6.07 Å². The van der Waals surface area contributed by atoms with Gasteiger partial charge in [-0.1, -0.05) is 18.2 Å². The van der Waals surface area contributed by atoms with E-state index in [0.29, 0.717) is 5.75 Å². The fraction of sp³-hybridized carbons (Fsp3) is 0.125. The topological polar surface area (TPSA) is 38.3 Å². The Bertz CT molecular complexity index is 327. The zero-order valence-electron chi connectivity index (χ0n) is 6.15. The van der Waals surface area contributed by atoms with Crippen molar-refractivity contribution in [3.8, 4) is 5.75 Å². The van der Waals surface area contributed by atoms with Crippen LogP contribution in [0.15, 0.2) is 24.3 Å². The Morgan fingerprint density at radius 1 is 1.42 bits per heavy atom. The molecule has 1 amide bonds. The molecule has 1 unspecified atom stereocenters. The van der Waals surface area contributed by atoms with Crippen LogP contribution in [-0.2, 0) is 4.79 Å². The van der Waals surface area contributed by atoms with Crippen molar-refractivity contribution in [2.75, 3.05) is 0 Å². The van der Waals surface area contributed by atoms with E-state index in [2.05, 4.69) is 18.1 Å². The summed E-state index contributed by atoms with van der Waals surface area (Å²) in [6.45, 7) is 0. The number of thiol groups is 1. The van der Waals surface area contributed by atoms with Gasteiger partial charge in [0.1, 0.15) is 5.25 Å². The van der Waals surface area contributed by atoms with Gasteiger partial charge in [-0.3, -0.25) is 4.79 Å². The number of hydrogen-bond donors (Lipinski definition) is 2. The van der Waals surface area contributed by atoms with Crippen molar-refractivity contribution < 1.29 is 9.63 Å². The molecule has 0 aliphatic carbocycles. The summed E-state index contributed by atoms with van der Waals surface area (Å²) in [4.78, 5) is 16.0. The number of carbonyl (C=O) groups excluding carboxylic acids is 1. The van der Waals surface area contributed by atoms with Gasteiger partial charge < -0.3 is 4.84 Å². The fourth-order valence-electron chi connectivity index (χ4n) is 1.10. The van der Waals surface area contributed by atoms with Crippen molar-refractivity contribution in [2.24, 2.45) is 0 Å². The number of hydroxylamine groups is 1. The van der Waals surface area contributed by atoms with Gasteiger partial charge >= 0.3 is 0 Å². The minimum absolute atomic E-state index is 0.225. The molecular formula is C8H7NO2S. The van der Waals surface area contributed by atoms with Crippen molar-refractivity contribution in [1.82, 2.24) is 5.48 Å². The number of rotatable bonds is 0. The highest BCUT2D eigenvalue weighted by atomic mass is 32.1. The van der Waals surface area contributed by atoms with Crippen molar-refractivity contribution in [3.05, 3.63) is 29.8 Å². The molecule has 0 spiro atoms. The molecule has 3 nitrogen and oxygen atoms in total. The molecule has 0 aromatic heterocycles. The van der Waals surface area contributed by atoms with Crippen LogP contribution >= 0.6 is 12.6 Å². The summed E-state index contributed by atoms with van der Waals surface area (Å²) in [6, 6.07) is 7.31. The van der Waals surface area contributed by atoms with Gasteiger partial charge in [0, 0.05) is 5.56 Å². The first-order valence-electron chi connectivity index (χ1n) is 3.53. The highest BCUT2D eigenvalue weighted by Crippen LogP contribution is 2.31. The Hall–Kier alpha value is -1.16. The quantitative estimate of drug-likeness (QED) is 0.588. The maximum Gasteiger partial charge on any atom is 0.270 e. The van der Waals surface area contributed by atoms with Gasteiger partial charge in [-0.15, -0.1) is 0 Å². The van der Waals surface area contributed by atoms with E-state index in [-0.39, 0.29) is 5.91 Å². The predicted molar refractivity (Wildman–Crippen MR) is 46.9 cm³/mol. The average molecular weight is 181 g/mol. The molecule has 0 bridgehead atoms. The molecule has 1 aliphatic rings. The van der Waals surface area contributed by atoms with E-state index in [1.165, 1.54) is 0 Å². The molecular weight excluding hydrogens is 174 g/mol. The van der Waals surface area contributed by atoms with Crippen LogP contribution in [0.25, 0.3) is 0 Å². The van der Waals surface area contributed by atoms with E-state index in [9.17, 15) is 4.79 Å². The van der Waals surface area contributed by atoms with E-state index in [1.807, 2.05) is 18.2 Å². The maximum atomic E-state index is 11.0. The summed E-state index contributed by atoms with van der Waals surface area (Å²) in [5.74, 6) is 0.439. The van der Waals surface area contributed by atoms with Gasteiger partial charge in [0.2, 0.25) is 0 Å². The smallest absolute Gasteiger partial charge is 0.270 e. The number of fused-ring (bicyclic) bond motifs is 1. The monoisotopic (exact) mass is 181 g/mol. The van der Waals surface area contributed by atoms with Crippen LogP contribution in [0, 0.1) is 0 Å². The summed E-state index contributed by atoms with van der Waals surface area (Å²) in [6.07, 6.45) is 0. The lowest BCUT2D eigenvalue weighted by molar-refractivity contribution is -0.128. The molecule has 4 heteroatoms. The Morgan fingerprint density at radius 3 is 3.00 bits per heavy atom. The summed E-state index contributed by atoms with van der Waals surface area (Å²) in [5, 5.41) is -0.421. The molecule has 0 radical (unpaired) electrons. The molecule has 1 aromatic rings. The van der Waals surface area contributed by atoms with Gasteiger partial charge in [-0.2, -0.15) is 18.1 Å². The van der Waals surface area contributed by atoms with E-state index in [0.717, 1.165) is 5.56 Å². The molecule has 2 rings (SSSR count). The van der Waals surface area contributed by atoms with Crippen LogP contribution in [0.4, 0.5) is 0 Å². The average Bonchev–Trinajstić information content (AvgIpc) is 2.12. The van der Waals surface area contributed by atoms with Crippen LogP contribution < -0.4 is 10.3 Å². The highest BCUT2D eigenvalue weighted by Gasteiger charge is 2.25. The van der Waals surface area contributed by atoms with Crippen LogP contribution in [0.1, 0.15) is 10.8 Å². The fourth-order valence-corrected chi connectivity index (χ4v) is 1.37. The van der Waals surface area contributed by atoms with Crippen LogP contribution in [0.3, 0.4) is 0 Å². The molecule has 1 atom stereocenters. The van der Waals surface area contributed by atoms with Gasteiger partial charge in [0.15, 0.2) is 5.75 Å². The summed E-state index contributed by atoms with van der Waals surface area (Å²) < 4.78 is 0. The number of hydrogen-bond acceptors (Lipinski definition) is 3. The normalized spacial score (nSPS) is 20.8. The predicted octanol–water partition coefficient (Wildman–Crippen LogP) is 1.08. The first-order valence-corrected chi connectivity index (χ1v) is 4.04. The maximum absolute atomic E-state index is 11.0. The minimum atomic E-state index is -0.421. The van der Waals surface area contributed by atoms with Crippen molar-refractivity contribution >= 4 is 18.5 Å². The number of benzene rings is 1. The van der Waals surface area contributed by atoms with Crippen LogP contribution in [0.5, 0.6) is 5.75 Å². The number of nitrogens with one attached hydrogen (secondary N) is 1. The van der Waals surface area contributed by atoms with Crippen molar-refractivity contribution in [1.29, 1.82) is 0 Å². The first kappa shape index (κ1) is 7.49. The Morgan fingerprint density at radius 2 is 2.17 bits per heavy atom. The van der Waals surface area contributed by atoms with Gasteiger partial charge in [-0.05, 0) is 6.07 Å². The third kappa shape index (κ3) is 1.04. The zero-order valence-corrected chi connectivity index (χ0v) is 7.04. The highest BCUT2D eigenvalue weighted by molar-refractivity contribution is 7.81. The Kier molecular flexibility index (Phi) is 1.69. The lowest BCUT2D eigenvalue weighted by Gasteiger charge is -2.20. The van der Waals surface area contributed by atoms with E-state index in [4.69, 9.17) is 4.84 Å². The van der Waals surface area contributed by atoms with Gasteiger partial charge in [-0.25, -0.2) is 0 Å². The van der Waals surface area contributed by atoms with E-state index < -0.39 is 5.25 Å². The van der Waals surface area contributed by atoms with Crippen LogP contribution in [-0.4, -0.2) is 5.91 Å². The molecule has 1 N–H and O–H groups in total. The molecule has 0 fully saturated rings. The largest absolute Gasteiger partial charge is 0.379 e. The third-order valence-corrected chi connectivity index (χ3v) is 2.24. The standard InChI is InChI=1S/C8H7NO2S/c10-8-7(12)5-3-1-2-4-6(5)11-9-8/h1-4,7,12H,(H,9,10). The minimum Gasteiger partial charge on any atom is -0.379 e. The molecule has 1 heterocycles. The van der Waals surface area contributed by atoms with E-state index >= 15 is 0 Å². The summed E-state index contributed by atoms with van der Waals surface area (Å²) in [5.41, 5.74) is 3.08. The number of amides is 1. The second kappa shape index (κ2) is 2.71. The SMILES string of the molecule is O=C1NOc2ccccc2C1S. The molecule has 0 saturated carbocycles. The zero-order chi connectivity index (χ0) is 8.55. The lowest BCUT2D eigenvalue weighted by Crippen LogP contribution is -2.34. The number of carbonyl (C=O) groups is 1. The lowest BCUT2D eigenvalue weighted by atomic mass is 10.1. The second-order valence-electron chi connectivity index (χ2n) is 2.51. The molecule has 0 saturated heterocycles. The number of para-hydroxylation sites is 1. The third-order valence-electron chi connectivity index (χ3n) is 1.72. The van der Waals surface area contributed by atoms with Crippen LogP contribution in [0.2, 0.25) is 0 Å². The molecule has 1 aromatic carbocycles. The Balaban J connectivity index is 2.48. The van der Waals surface area contributed by atoms with Gasteiger partial charge in [0.25, 0.3) is 5.91 Å². The second-order valence-corrected chi connectivity index (χ2v) is 3.03. The van der Waals surface area contributed by atoms with Gasteiger partial charge in [0.05, 0.1) is 0 Å². The van der Waals surface area contributed by atoms with Crippen molar-refractivity contribution in [3.63, 3.8) is 0 Å². The Labute approximate surface area is 75.1 Å².